The van der Waals surface area contributed by atoms with Gasteiger partial charge in [-0.25, -0.2) is 9.59 Å². The number of amides is 1. The van der Waals surface area contributed by atoms with Crippen LogP contribution in [-0.2, 0) is 33.2 Å². The van der Waals surface area contributed by atoms with Crippen LogP contribution in [0.4, 0.5) is 4.79 Å². The Kier molecular flexibility index (Phi) is 13.8. The molecule has 0 aliphatic carbocycles. The van der Waals surface area contributed by atoms with E-state index in [1.807, 2.05) is 41.5 Å². The summed E-state index contributed by atoms with van der Waals surface area (Å²) in [7, 11) is 1.67. The van der Waals surface area contributed by atoms with Gasteiger partial charge in [-0.2, -0.15) is 0 Å². The summed E-state index contributed by atoms with van der Waals surface area (Å²) in [5.41, 5.74) is -1.02. The first-order chi connectivity index (χ1) is 13.4. The first-order valence-electron chi connectivity index (χ1n) is 9.87. The van der Waals surface area contributed by atoms with Crippen molar-refractivity contribution < 1.29 is 38.0 Å². The maximum atomic E-state index is 11.8. The lowest BCUT2D eigenvalue weighted by Gasteiger charge is -2.24. The lowest BCUT2D eigenvalue weighted by molar-refractivity contribution is -0.160. The lowest BCUT2D eigenvalue weighted by atomic mass is 10.2. The highest BCUT2D eigenvalue weighted by molar-refractivity contribution is 5.71. The predicted molar refractivity (Wildman–Crippen MR) is 108 cm³/mol. The molecule has 0 heterocycles. The van der Waals surface area contributed by atoms with Gasteiger partial charge >= 0.3 is 12.1 Å². The third kappa shape index (κ3) is 19.7. The quantitative estimate of drug-likeness (QED) is 0.311. The van der Waals surface area contributed by atoms with Crippen LogP contribution in [0.5, 0.6) is 0 Å². The third-order valence-corrected chi connectivity index (χ3v) is 3.03. The van der Waals surface area contributed by atoms with Crippen molar-refractivity contribution in [3.8, 4) is 0 Å². The second-order valence-corrected chi connectivity index (χ2v) is 8.38. The number of hydrogen-bond donors (Lipinski definition) is 0. The van der Waals surface area contributed by atoms with E-state index in [0.717, 1.165) is 0 Å². The van der Waals surface area contributed by atoms with Crippen LogP contribution in [0.1, 0.15) is 41.5 Å². The van der Waals surface area contributed by atoms with Crippen LogP contribution in [-0.4, -0.2) is 94.6 Å². The average molecular weight is 422 g/mol. The van der Waals surface area contributed by atoms with Crippen LogP contribution in [0.25, 0.3) is 0 Å². The van der Waals surface area contributed by atoms with Crippen LogP contribution < -0.4 is 0 Å². The second-order valence-electron chi connectivity index (χ2n) is 8.38. The first-order valence-corrected chi connectivity index (χ1v) is 9.87. The molecular weight excluding hydrogens is 382 g/mol. The number of carbonyl (C=O) groups excluding carboxylic acids is 2. The van der Waals surface area contributed by atoms with Crippen LogP contribution in [0.3, 0.4) is 0 Å². The zero-order chi connectivity index (χ0) is 22.3. The molecule has 0 saturated carbocycles. The van der Waals surface area contributed by atoms with Crippen molar-refractivity contribution in [3.63, 3.8) is 0 Å². The maximum Gasteiger partial charge on any atom is 0.410 e. The van der Waals surface area contributed by atoms with Crippen molar-refractivity contribution in [2.75, 3.05) is 66.4 Å². The third-order valence-electron chi connectivity index (χ3n) is 3.03. The lowest BCUT2D eigenvalue weighted by Crippen LogP contribution is -2.36. The Balaban J connectivity index is 3.40. The van der Waals surface area contributed by atoms with Gasteiger partial charge in [0.25, 0.3) is 0 Å². The van der Waals surface area contributed by atoms with Gasteiger partial charge in [0, 0.05) is 13.6 Å². The van der Waals surface area contributed by atoms with Gasteiger partial charge in [0.15, 0.2) is 0 Å². The molecular formula is C20H39NO8. The Labute approximate surface area is 174 Å². The van der Waals surface area contributed by atoms with Crippen molar-refractivity contribution in [1.82, 2.24) is 4.90 Å². The minimum Gasteiger partial charge on any atom is -0.458 e. The molecule has 29 heavy (non-hydrogen) atoms. The zero-order valence-corrected chi connectivity index (χ0v) is 19.1. The number of esters is 1. The summed E-state index contributed by atoms with van der Waals surface area (Å²) in [5.74, 6) is -0.391. The molecule has 0 fully saturated rings. The molecule has 0 aromatic heterocycles. The van der Waals surface area contributed by atoms with Crippen LogP contribution >= 0.6 is 0 Å². The van der Waals surface area contributed by atoms with E-state index in [1.54, 1.807) is 7.05 Å². The molecule has 0 aromatic rings. The topological polar surface area (TPSA) is 92.8 Å². The van der Waals surface area contributed by atoms with E-state index < -0.39 is 17.2 Å². The molecule has 0 radical (unpaired) electrons. The largest absolute Gasteiger partial charge is 0.458 e. The molecule has 9 nitrogen and oxygen atoms in total. The van der Waals surface area contributed by atoms with E-state index in [0.29, 0.717) is 52.8 Å². The summed E-state index contributed by atoms with van der Waals surface area (Å²) in [6.45, 7) is 14.1. The van der Waals surface area contributed by atoms with Gasteiger partial charge in [0.2, 0.25) is 0 Å². The highest BCUT2D eigenvalue weighted by Gasteiger charge is 2.19. The van der Waals surface area contributed by atoms with Gasteiger partial charge in [-0.1, -0.05) is 0 Å². The molecule has 9 heteroatoms. The number of likely N-dealkylation sites (N-methyl/N-ethyl adjacent to an activating group) is 1. The SMILES string of the molecule is CN(CCOCCOCCOCCOCC(=O)OC(C)(C)C)C(=O)OC(C)(C)C. The minimum atomic E-state index is -0.508. The summed E-state index contributed by atoms with van der Waals surface area (Å²) in [5, 5.41) is 0. The highest BCUT2D eigenvalue weighted by atomic mass is 16.6. The van der Waals surface area contributed by atoms with Gasteiger partial charge in [-0.15, -0.1) is 0 Å². The van der Waals surface area contributed by atoms with E-state index in [2.05, 4.69) is 0 Å². The number of rotatable bonds is 14. The monoisotopic (exact) mass is 421 g/mol. The molecule has 0 unspecified atom stereocenters. The van der Waals surface area contributed by atoms with Crippen molar-refractivity contribution in [2.45, 2.75) is 52.7 Å². The molecule has 0 rings (SSSR count). The smallest absolute Gasteiger partial charge is 0.410 e. The van der Waals surface area contributed by atoms with E-state index in [9.17, 15) is 9.59 Å². The standard InChI is InChI=1S/C20H39NO8/c1-19(2,3)28-17(22)16-27-15-14-26-13-12-25-11-10-24-9-8-21(7)18(23)29-20(4,5)6/h8-16H2,1-7H3. The Morgan fingerprint density at radius 3 is 1.52 bits per heavy atom. The van der Waals surface area contributed by atoms with Crippen molar-refractivity contribution in [3.05, 3.63) is 0 Å². The van der Waals surface area contributed by atoms with Gasteiger partial charge in [-0.05, 0) is 41.5 Å². The summed E-state index contributed by atoms with van der Waals surface area (Å²) in [6.07, 6.45) is -0.371. The van der Waals surface area contributed by atoms with Gasteiger partial charge < -0.3 is 33.3 Å². The molecule has 0 saturated heterocycles. The molecule has 0 aliphatic rings. The van der Waals surface area contributed by atoms with Crippen LogP contribution in [0.2, 0.25) is 0 Å². The molecule has 0 spiro atoms. The van der Waals surface area contributed by atoms with Crippen molar-refractivity contribution in [2.24, 2.45) is 0 Å². The Hall–Kier alpha value is -1.42. The summed E-state index contributed by atoms with van der Waals surface area (Å²) < 4.78 is 31.7. The average Bonchev–Trinajstić information content (AvgIpc) is 2.55. The fourth-order valence-corrected chi connectivity index (χ4v) is 1.82. The summed E-state index contributed by atoms with van der Waals surface area (Å²) >= 11 is 0. The normalized spacial score (nSPS) is 12.0. The highest BCUT2D eigenvalue weighted by Crippen LogP contribution is 2.09. The molecule has 0 atom stereocenters. The molecule has 0 N–H and O–H groups in total. The molecule has 0 bridgehead atoms. The van der Waals surface area contributed by atoms with E-state index in [4.69, 9.17) is 28.4 Å². The van der Waals surface area contributed by atoms with E-state index in [-0.39, 0.29) is 12.7 Å². The zero-order valence-electron chi connectivity index (χ0n) is 19.1. The molecule has 1 amide bonds. The fourth-order valence-electron chi connectivity index (χ4n) is 1.82. The number of nitrogens with zero attached hydrogens (tertiary/aromatic N) is 1. The Morgan fingerprint density at radius 1 is 0.655 bits per heavy atom. The summed E-state index contributed by atoms with van der Waals surface area (Å²) in [6, 6.07) is 0. The van der Waals surface area contributed by atoms with E-state index in [1.165, 1.54) is 4.90 Å². The second kappa shape index (κ2) is 14.5. The number of hydrogen-bond acceptors (Lipinski definition) is 8. The summed E-state index contributed by atoms with van der Waals surface area (Å²) in [4.78, 5) is 24.7. The van der Waals surface area contributed by atoms with Crippen LogP contribution in [0, 0.1) is 0 Å². The number of carbonyl (C=O) groups is 2. The predicted octanol–water partition coefficient (Wildman–Crippen LogP) is 2.26. The van der Waals surface area contributed by atoms with E-state index >= 15 is 0 Å². The fraction of sp³-hybridized carbons (Fsp3) is 0.900. The van der Waals surface area contributed by atoms with Crippen LogP contribution in [0.15, 0.2) is 0 Å². The Morgan fingerprint density at radius 2 is 1.07 bits per heavy atom. The van der Waals surface area contributed by atoms with Gasteiger partial charge in [0.05, 0.1) is 46.2 Å². The maximum absolute atomic E-state index is 11.8. The number of ether oxygens (including phenoxy) is 6. The molecule has 0 aromatic carbocycles. The Bertz CT molecular complexity index is 456. The van der Waals surface area contributed by atoms with Crippen molar-refractivity contribution >= 4 is 12.1 Å². The molecule has 172 valence electrons. The molecule has 0 aliphatic heterocycles. The van der Waals surface area contributed by atoms with Gasteiger partial charge in [-0.3, -0.25) is 0 Å². The minimum absolute atomic E-state index is 0.0857. The first kappa shape index (κ1) is 27.6. The van der Waals surface area contributed by atoms with Gasteiger partial charge in [0.1, 0.15) is 17.8 Å². The van der Waals surface area contributed by atoms with Crippen molar-refractivity contribution in [1.29, 1.82) is 0 Å².